The van der Waals surface area contributed by atoms with Crippen LogP contribution in [0.15, 0.2) is 12.7 Å². The highest BCUT2D eigenvalue weighted by molar-refractivity contribution is 4.88. The molecule has 0 N–H and O–H groups in total. The zero-order valence-electron chi connectivity index (χ0n) is 9.01. The summed E-state index contributed by atoms with van der Waals surface area (Å²) in [4.78, 5) is 2.51. The molecule has 0 aliphatic carbocycles. The van der Waals surface area contributed by atoms with Crippen molar-refractivity contribution < 1.29 is 0 Å². The van der Waals surface area contributed by atoms with E-state index < -0.39 is 0 Å². The van der Waals surface area contributed by atoms with E-state index in [0.717, 1.165) is 0 Å². The number of nitrogens with zero attached hydrogens (tertiary/aromatic N) is 1. The Morgan fingerprint density at radius 1 is 1.33 bits per heavy atom. The van der Waals surface area contributed by atoms with Crippen LogP contribution in [0.3, 0.4) is 0 Å². The summed E-state index contributed by atoms with van der Waals surface area (Å²) in [6.07, 6.45) is 4.46. The van der Waals surface area contributed by atoms with Crippen molar-refractivity contribution in [1.29, 1.82) is 0 Å². The average molecular weight is 169 g/mol. The molecule has 72 valence electrons. The van der Waals surface area contributed by atoms with Gasteiger partial charge in [0, 0.05) is 12.1 Å². The van der Waals surface area contributed by atoms with E-state index in [2.05, 4.69) is 45.2 Å². The molecule has 0 rings (SSSR count). The van der Waals surface area contributed by atoms with Gasteiger partial charge < -0.3 is 0 Å². The minimum absolute atomic E-state index is 0.560. The maximum absolute atomic E-state index is 3.88. The third-order valence-electron chi connectivity index (χ3n) is 2.26. The average Bonchev–Trinajstić information content (AvgIpc) is 2.05. The van der Waals surface area contributed by atoms with Gasteiger partial charge in [0.1, 0.15) is 0 Å². The van der Waals surface area contributed by atoms with Crippen molar-refractivity contribution in [3.8, 4) is 0 Å². The molecule has 0 aliphatic heterocycles. The first kappa shape index (κ1) is 11.7. The molecule has 0 saturated carbocycles. The van der Waals surface area contributed by atoms with Crippen LogP contribution in [0, 0.1) is 0 Å². The number of hydrogen-bond acceptors (Lipinski definition) is 1. The molecular formula is C11H23N. The lowest BCUT2D eigenvalue weighted by molar-refractivity contribution is 0.178. The summed E-state index contributed by atoms with van der Waals surface area (Å²) < 4.78 is 0. The molecule has 0 bridgehead atoms. The normalized spacial score (nSPS) is 13.8. The van der Waals surface area contributed by atoms with Crippen molar-refractivity contribution >= 4 is 0 Å². The van der Waals surface area contributed by atoms with Crippen LogP contribution in [0.25, 0.3) is 0 Å². The highest BCUT2D eigenvalue weighted by Gasteiger charge is 2.14. The summed E-state index contributed by atoms with van der Waals surface area (Å²) in [5, 5.41) is 0. The van der Waals surface area contributed by atoms with E-state index in [9.17, 15) is 0 Å². The lowest BCUT2D eigenvalue weighted by atomic mass is 10.1. The van der Waals surface area contributed by atoms with Crippen LogP contribution in [-0.2, 0) is 0 Å². The monoisotopic (exact) mass is 169 g/mol. The first-order valence-electron chi connectivity index (χ1n) is 5.05. The lowest BCUT2D eigenvalue weighted by Crippen LogP contribution is -2.39. The van der Waals surface area contributed by atoms with Crippen LogP contribution in [0.1, 0.15) is 40.5 Å². The Labute approximate surface area is 77.5 Å². The molecule has 1 unspecified atom stereocenters. The Hall–Kier alpha value is -0.300. The molecule has 0 saturated heterocycles. The third-order valence-corrected chi connectivity index (χ3v) is 2.26. The molecule has 0 aromatic carbocycles. The van der Waals surface area contributed by atoms with E-state index in [-0.39, 0.29) is 0 Å². The van der Waals surface area contributed by atoms with E-state index in [1.807, 2.05) is 0 Å². The van der Waals surface area contributed by atoms with Gasteiger partial charge in [0.25, 0.3) is 0 Å². The Morgan fingerprint density at radius 3 is 2.17 bits per heavy atom. The summed E-state index contributed by atoms with van der Waals surface area (Å²) in [5.41, 5.74) is 0. The highest BCUT2D eigenvalue weighted by Crippen LogP contribution is 2.10. The maximum atomic E-state index is 3.88. The SMILES string of the molecule is C=CC(CC)N(CCC)C(C)C. The van der Waals surface area contributed by atoms with Crippen molar-refractivity contribution in [2.75, 3.05) is 6.54 Å². The van der Waals surface area contributed by atoms with Gasteiger partial charge >= 0.3 is 0 Å². The van der Waals surface area contributed by atoms with Crippen molar-refractivity contribution in [2.24, 2.45) is 0 Å². The zero-order valence-corrected chi connectivity index (χ0v) is 9.01. The van der Waals surface area contributed by atoms with E-state index in [0.29, 0.717) is 12.1 Å². The summed E-state index contributed by atoms with van der Waals surface area (Å²) in [5.74, 6) is 0. The molecule has 0 fully saturated rings. The van der Waals surface area contributed by atoms with Crippen LogP contribution >= 0.6 is 0 Å². The molecule has 12 heavy (non-hydrogen) atoms. The molecule has 0 aromatic heterocycles. The second-order valence-corrected chi connectivity index (χ2v) is 3.54. The Balaban J connectivity index is 4.14. The third kappa shape index (κ3) is 3.40. The minimum Gasteiger partial charge on any atom is -0.295 e. The smallest absolute Gasteiger partial charge is 0.0275 e. The standard InChI is InChI=1S/C11H23N/c1-6-9-12(10(4)5)11(7-2)8-3/h7,10-11H,2,6,8-9H2,1,3-5H3. The van der Waals surface area contributed by atoms with Gasteiger partial charge in [0.05, 0.1) is 0 Å². The summed E-state index contributed by atoms with van der Waals surface area (Å²) in [6.45, 7) is 14.0. The number of rotatable bonds is 6. The topological polar surface area (TPSA) is 3.24 Å². The van der Waals surface area contributed by atoms with Gasteiger partial charge in [-0.05, 0) is 33.2 Å². The molecule has 0 radical (unpaired) electrons. The molecule has 0 aromatic rings. The van der Waals surface area contributed by atoms with Crippen LogP contribution in [0.5, 0.6) is 0 Å². The summed E-state index contributed by atoms with van der Waals surface area (Å²) in [7, 11) is 0. The van der Waals surface area contributed by atoms with Gasteiger partial charge in [-0.15, -0.1) is 6.58 Å². The van der Waals surface area contributed by atoms with Crippen molar-refractivity contribution in [3.05, 3.63) is 12.7 Å². The van der Waals surface area contributed by atoms with E-state index in [1.165, 1.54) is 19.4 Å². The predicted molar refractivity (Wildman–Crippen MR) is 56.4 cm³/mol. The van der Waals surface area contributed by atoms with Crippen LogP contribution < -0.4 is 0 Å². The van der Waals surface area contributed by atoms with Gasteiger partial charge in [0.2, 0.25) is 0 Å². The van der Waals surface area contributed by atoms with E-state index in [4.69, 9.17) is 0 Å². The first-order valence-corrected chi connectivity index (χ1v) is 5.05. The molecule has 0 heterocycles. The number of hydrogen-bond donors (Lipinski definition) is 0. The van der Waals surface area contributed by atoms with Crippen molar-refractivity contribution in [2.45, 2.75) is 52.6 Å². The Morgan fingerprint density at radius 2 is 1.92 bits per heavy atom. The molecule has 0 amide bonds. The summed E-state index contributed by atoms with van der Waals surface area (Å²) >= 11 is 0. The molecule has 1 heteroatoms. The van der Waals surface area contributed by atoms with Crippen molar-refractivity contribution in [3.63, 3.8) is 0 Å². The zero-order chi connectivity index (χ0) is 9.56. The van der Waals surface area contributed by atoms with Crippen LogP contribution in [0.4, 0.5) is 0 Å². The molecule has 0 spiro atoms. The molecule has 1 atom stereocenters. The quantitative estimate of drug-likeness (QED) is 0.552. The fourth-order valence-corrected chi connectivity index (χ4v) is 1.60. The van der Waals surface area contributed by atoms with Crippen LogP contribution in [0.2, 0.25) is 0 Å². The highest BCUT2D eigenvalue weighted by atomic mass is 15.2. The van der Waals surface area contributed by atoms with Gasteiger partial charge in [-0.25, -0.2) is 0 Å². The Bertz CT molecular complexity index is 118. The largest absolute Gasteiger partial charge is 0.295 e. The van der Waals surface area contributed by atoms with Gasteiger partial charge in [-0.2, -0.15) is 0 Å². The van der Waals surface area contributed by atoms with Crippen molar-refractivity contribution in [1.82, 2.24) is 4.90 Å². The second-order valence-electron chi connectivity index (χ2n) is 3.54. The second kappa shape index (κ2) is 6.24. The van der Waals surface area contributed by atoms with Gasteiger partial charge in [0.15, 0.2) is 0 Å². The predicted octanol–water partition coefficient (Wildman–Crippen LogP) is 3.07. The van der Waals surface area contributed by atoms with Gasteiger partial charge in [-0.3, -0.25) is 4.90 Å². The lowest BCUT2D eigenvalue weighted by Gasteiger charge is -2.32. The first-order chi connectivity index (χ1) is 5.67. The van der Waals surface area contributed by atoms with E-state index >= 15 is 0 Å². The maximum Gasteiger partial charge on any atom is 0.0275 e. The van der Waals surface area contributed by atoms with Gasteiger partial charge in [-0.1, -0.05) is 19.9 Å². The fraction of sp³-hybridized carbons (Fsp3) is 0.818. The Kier molecular flexibility index (Phi) is 6.09. The van der Waals surface area contributed by atoms with Crippen LogP contribution in [-0.4, -0.2) is 23.5 Å². The minimum atomic E-state index is 0.560. The van der Waals surface area contributed by atoms with E-state index in [1.54, 1.807) is 0 Å². The summed E-state index contributed by atoms with van der Waals surface area (Å²) in [6, 6.07) is 1.19. The molecular weight excluding hydrogens is 146 g/mol. The molecule has 1 nitrogen and oxygen atoms in total. The fourth-order valence-electron chi connectivity index (χ4n) is 1.60. The molecule has 0 aliphatic rings.